The van der Waals surface area contributed by atoms with Crippen molar-refractivity contribution in [2.45, 2.75) is 45.1 Å². The van der Waals surface area contributed by atoms with E-state index in [2.05, 4.69) is 45.0 Å². The molecule has 0 saturated carbocycles. The minimum absolute atomic E-state index is 0.469. The summed E-state index contributed by atoms with van der Waals surface area (Å²) in [5, 5.41) is 9.11. The maximum atomic E-state index is 4.34. The van der Waals surface area contributed by atoms with Crippen LogP contribution < -0.4 is 10.6 Å². The molecule has 1 aromatic heterocycles. The summed E-state index contributed by atoms with van der Waals surface area (Å²) < 4.78 is 0. The first-order valence-electron chi connectivity index (χ1n) is 8.57. The van der Waals surface area contributed by atoms with Crippen LogP contribution in [0, 0.1) is 0 Å². The maximum absolute atomic E-state index is 4.34. The van der Waals surface area contributed by atoms with Gasteiger partial charge in [0, 0.05) is 25.0 Å². The summed E-state index contributed by atoms with van der Waals surface area (Å²) in [5.74, 6) is 0.928. The van der Waals surface area contributed by atoms with Crippen LogP contribution in [-0.2, 0) is 0 Å². The summed E-state index contributed by atoms with van der Waals surface area (Å²) in [7, 11) is 1.85. The molecule has 1 unspecified atom stereocenters. The molecular formula is C17H30N4S. The lowest BCUT2D eigenvalue weighted by molar-refractivity contribution is 0.249. The second kappa shape index (κ2) is 9.85. The van der Waals surface area contributed by atoms with Crippen LogP contribution >= 0.6 is 11.3 Å². The molecule has 22 heavy (non-hydrogen) atoms. The van der Waals surface area contributed by atoms with Crippen LogP contribution in [0.3, 0.4) is 0 Å². The van der Waals surface area contributed by atoms with Crippen molar-refractivity contribution in [3.05, 3.63) is 22.4 Å². The van der Waals surface area contributed by atoms with Crippen molar-refractivity contribution < 1.29 is 0 Å². The van der Waals surface area contributed by atoms with Gasteiger partial charge in [-0.25, -0.2) is 0 Å². The summed E-state index contributed by atoms with van der Waals surface area (Å²) in [5.41, 5.74) is 0. The molecule has 1 aliphatic rings. The van der Waals surface area contributed by atoms with Gasteiger partial charge in [-0.05, 0) is 43.8 Å². The molecule has 5 heteroatoms. The normalized spacial score (nSPS) is 17.6. The van der Waals surface area contributed by atoms with E-state index >= 15 is 0 Å². The molecule has 1 aromatic rings. The largest absolute Gasteiger partial charge is 0.356 e. The Morgan fingerprint density at radius 1 is 1.32 bits per heavy atom. The van der Waals surface area contributed by atoms with Gasteiger partial charge in [0.05, 0.1) is 6.04 Å². The molecule has 4 nitrogen and oxygen atoms in total. The third-order valence-corrected chi connectivity index (χ3v) is 5.19. The van der Waals surface area contributed by atoms with E-state index < -0.39 is 0 Å². The standard InChI is InChI=1S/C17H30N4S/c1-3-4-5-10-19-17(18-2)20-14-15(16-9-8-13-22-16)21-11-6-7-12-21/h8-9,13,15H,3-7,10-12,14H2,1-2H3,(H2,18,19,20). The Labute approximate surface area is 139 Å². The SMILES string of the molecule is CCCCCNC(=NC)NCC(c1cccs1)N1CCCC1. The van der Waals surface area contributed by atoms with Gasteiger partial charge in [0.2, 0.25) is 0 Å². The summed E-state index contributed by atoms with van der Waals surface area (Å²) in [6, 6.07) is 4.88. The zero-order valence-corrected chi connectivity index (χ0v) is 14.8. The van der Waals surface area contributed by atoms with Gasteiger partial charge in [-0.2, -0.15) is 0 Å². The van der Waals surface area contributed by atoms with Gasteiger partial charge in [0.15, 0.2) is 5.96 Å². The summed E-state index contributed by atoms with van der Waals surface area (Å²) >= 11 is 1.86. The number of likely N-dealkylation sites (tertiary alicyclic amines) is 1. The number of hydrogen-bond acceptors (Lipinski definition) is 3. The first-order valence-corrected chi connectivity index (χ1v) is 9.45. The number of unbranched alkanes of at least 4 members (excludes halogenated alkanes) is 2. The van der Waals surface area contributed by atoms with E-state index in [1.165, 1.54) is 50.1 Å². The number of thiophene rings is 1. The van der Waals surface area contributed by atoms with Crippen molar-refractivity contribution >= 4 is 17.3 Å². The fourth-order valence-corrected chi connectivity index (χ4v) is 3.80. The maximum Gasteiger partial charge on any atom is 0.191 e. The van der Waals surface area contributed by atoms with Gasteiger partial charge >= 0.3 is 0 Å². The van der Waals surface area contributed by atoms with E-state index in [9.17, 15) is 0 Å². The Bertz CT molecular complexity index is 424. The van der Waals surface area contributed by atoms with E-state index in [1.807, 2.05) is 18.4 Å². The molecule has 0 amide bonds. The average molecular weight is 323 g/mol. The summed E-state index contributed by atoms with van der Waals surface area (Å²) in [6.45, 7) is 6.59. The molecular weight excluding hydrogens is 292 g/mol. The molecule has 124 valence electrons. The van der Waals surface area contributed by atoms with Gasteiger partial charge in [-0.1, -0.05) is 25.8 Å². The lowest BCUT2D eigenvalue weighted by Crippen LogP contribution is -2.42. The minimum Gasteiger partial charge on any atom is -0.356 e. The van der Waals surface area contributed by atoms with Crippen molar-refractivity contribution in [1.82, 2.24) is 15.5 Å². The van der Waals surface area contributed by atoms with Crippen molar-refractivity contribution in [3.63, 3.8) is 0 Å². The Balaban J connectivity index is 1.84. The third kappa shape index (κ3) is 5.29. The van der Waals surface area contributed by atoms with E-state index in [-0.39, 0.29) is 0 Å². The Morgan fingerprint density at radius 3 is 2.77 bits per heavy atom. The fraction of sp³-hybridized carbons (Fsp3) is 0.706. The van der Waals surface area contributed by atoms with Crippen molar-refractivity contribution in [2.75, 3.05) is 33.2 Å². The highest BCUT2D eigenvalue weighted by Crippen LogP contribution is 2.27. The zero-order chi connectivity index (χ0) is 15.6. The quantitative estimate of drug-likeness (QED) is 0.438. The molecule has 0 spiro atoms. The summed E-state index contributed by atoms with van der Waals surface area (Å²) in [4.78, 5) is 8.40. The highest BCUT2D eigenvalue weighted by Gasteiger charge is 2.24. The fourth-order valence-electron chi connectivity index (χ4n) is 2.94. The molecule has 1 saturated heterocycles. The molecule has 1 atom stereocenters. The second-order valence-electron chi connectivity index (χ2n) is 5.86. The van der Waals surface area contributed by atoms with Gasteiger partial charge in [-0.3, -0.25) is 9.89 Å². The van der Waals surface area contributed by atoms with Gasteiger partial charge in [0.1, 0.15) is 0 Å². The van der Waals surface area contributed by atoms with Crippen LogP contribution in [0.15, 0.2) is 22.5 Å². The van der Waals surface area contributed by atoms with Crippen LogP contribution in [0.4, 0.5) is 0 Å². The molecule has 0 aliphatic carbocycles. The lowest BCUT2D eigenvalue weighted by atomic mass is 10.2. The molecule has 0 aromatic carbocycles. The van der Waals surface area contributed by atoms with Crippen LogP contribution in [0.1, 0.15) is 49.9 Å². The number of nitrogens with zero attached hydrogens (tertiary/aromatic N) is 2. The van der Waals surface area contributed by atoms with E-state index in [4.69, 9.17) is 0 Å². The van der Waals surface area contributed by atoms with E-state index in [0.29, 0.717) is 6.04 Å². The van der Waals surface area contributed by atoms with Gasteiger partial charge in [0.25, 0.3) is 0 Å². The van der Waals surface area contributed by atoms with Crippen LogP contribution in [0.25, 0.3) is 0 Å². The number of rotatable bonds is 8. The highest BCUT2D eigenvalue weighted by atomic mass is 32.1. The number of aliphatic imine (C=N–C) groups is 1. The Kier molecular flexibility index (Phi) is 7.74. The number of hydrogen-bond donors (Lipinski definition) is 2. The third-order valence-electron chi connectivity index (χ3n) is 4.21. The minimum atomic E-state index is 0.469. The first-order chi connectivity index (χ1) is 10.8. The highest BCUT2D eigenvalue weighted by molar-refractivity contribution is 7.10. The molecule has 1 aliphatic heterocycles. The van der Waals surface area contributed by atoms with Crippen molar-refractivity contribution in [2.24, 2.45) is 4.99 Å². The first kappa shape index (κ1) is 17.3. The van der Waals surface area contributed by atoms with Crippen LogP contribution in [0.5, 0.6) is 0 Å². The number of nitrogens with one attached hydrogen (secondary N) is 2. The van der Waals surface area contributed by atoms with Gasteiger partial charge < -0.3 is 10.6 Å². The van der Waals surface area contributed by atoms with Crippen LogP contribution in [0.2, 0.25) is 0 Å². The smallest absolute Gasteiger partial charge is 0.191 e. The number of guanidine groups is 1. The molecule has 1 fully saturated rings. The van der Waals surface area contributed by atoms with Crippen LogP contribution in [-0.4, -0.2) is 44.1 Å². The molecule has 2 rings (SSSR count). The Morgan fingerprint density at radius 2 is 2.14 bits per heavy atom. The van der Waals surface area contributed by atoms with Gasteiger partial charge in [-0.15, -0.1) is 11.3 Å². The molecule has 0 radical (unpaired) electrons. The van der Waals surface area contributed by atoms with E-state index in [0.717, 1.165) is 19.0 Å². The molecule has 0 bridgehead atoms. The predicted octanol–water partition coefficient (Wildman–Crippen LogP) is 3.24. The Hall–Kier alpha value is -1.07. The molecule has 2 heterocycles. The predicted molar refractivity (Wildman–Crippen MR) is 96.8 cm³/mol. The second-order valence-corrected chi connectivity index (χ2v) is 6.84. The van der Waals surface area contributed by atoms with E-state index in [1.54, 1.807) is 0 Å². The topological polar surface area (TPSA) is 39.7 Å². The van der Waals surface area contributed by atoms with Crippen molar-refractivity contribution in [1.29, 1.82) is 0 Å². The zero-order valence-electron chi connectivity index (χ0n) is 14.0. The monoisotopic (exact) mass is 322 g/mol. The van der Waals surface area contributed by atoms with Crippen molar-refractivity contribution in [3.8, 4) is 0 Å². The lowest BCUT2D eigenvalue weighted by Gasteiger charge is -2.27. The summed E-state index contributed by atoms with van der Waals surface area (Å²) in [6.07, 6.45) is 6.38. The molecule has 2 N–H and O–H groups in total. The average Bonchev–Trinajstić information content (AvgIpc) is 3.23.